The number of imide groups is 1. The number of carbonyl (C=O) groups excluding carboxylic acids is 4. The van der Waals surface area contributed by atoms with Gasteiger partial charge >= 0.3 is 5.97 Å². The van der Waals surface area contributed by atoms with Crippen LogP contribution in [0.25, 0.3) is 0 Å². The summed E-state index contributed by atoms with van der Waals surface area (Å²) in [5.41, 5.74) is 0.825. The van der Waals surface area contributed by atoms with Crippen LogP contribution in [-0.2, 0) is 9.53 Å². The Balaban J connectivity index is 1.62. The Morgan fingerprint density at radius 3 is 2.41 bits per heavy atom. The van der Waals surface area contributed by atoms with E-state index in [0.717, 1.165) is 6.42 Å². The molecule has 1 aliphatic heterocycles. The topological polar surface area (TPSA) is 92.8 Å². The molecule has 1 aliphatic rings. The molecule has 0 radical (unpaired) electrons. The molecule has 29 heavy (non-hydrogen) atoms. The largest absolute Gasteiger partial charge is 0.452 e. The van der Waals surface area contributed by atoms with Crippen molar-refractivity contribution in [1.29, 1.82) is 0 Å². The highest BCUT2D eigenvalue weighted by molar-refractivity contribution is 6.22. The summed E-state index contributed by atoms with van der Waals surface area (Å²) >= 11 is 0. The molecule has 0 fully saturated rings. The third-order valence-electron chi connectivity index (χ3n) is 4.40. The zero-order valence-electron chi connectivity index (χ0n) is 15.7. The molecule has 0 aliphatic carbocycles. The van der Waals surface area contributed by atoms with E-state index in [2.05, 4.69) is 5.32 Å². The number of ether oxygens (including phenoxy) is 1. The van der Waals surface area contributed by atoms with Crippen LogP contribution in [0, 0.1) is 5.82 Å². The molecule has 0 bridgehead atoms. The molecule has 2 aromatic rings. The summed E-state index contributed by atoms with van der Waals surface area (Å²) < 4.78 is 17.8. The SMILES string of the molecule is CCCCN1C(=O)c2ccc(C(=O)OCC(=O)Nc3ccc(F)cc3)cc2C1=O. The van der Waals surface area contributed by atoms with Gasteiger partial charge in [-0.25, -0.2) is 9.18 Å². The molecule has 3 rings (SSSR count). The number of hydrogen-bond donors (Lipinski definition) is 1. The molecular weight excluding hydrogens is 379 g/mol. The Kier molecular flexibility index (Phi) is 6.01. The highest BCUT2D eigenvalue weighted by Gasteiger charge is 2.35. The summed E-state index contributed by atoms with van der Waals surface area (Å²) in [4.78, 5) is 50.0. The first-order valence-electron chi connectivity index (χ1n) is 9.13. The molecule has 0 unspecified atom stereocenters. The Hall–Kier alpha value is -3.55. The standard InChI is InChI=1S/C21H19FN2O5/c1-2-3-10-24-19(26)16-9-4-13(11-17(16)20(24)27)21(28)29-12-18(25)23-15-7-5-14(22)6-8-15/h4-9,11H,2-3,10,12H2,1H3,(H,23,25). The fourth-order valence-corrected chi connectivity index (χ4v) is 2.88. The number of fused-ring (bicyclic) bond motifs is 1. The smallest absolute Gasteiger partial charge is 0.338 e. The van der Waals surface area contributed by atoms with Gasteiger partial charge < -0.3 is 10.1 Å². The van der Waals surface area contributed by atoms with Gasteiger partial charge in [0.15, 0.2) is 6.61 Å². The molecule has 3 amide bonds. The summed E-state index contributed by atoms with van der Waals surface area (Å²) in [5, 5.41) is 2.47. The second-order valence-corrected chi connectivity index (χ2v) is 6.51. The maximum absolute atomic E-state index is 12.9. The second kappa shape index (κ2) is 8.64. The van der Waals surface area contributed by atoms with Crippen LogP contribution in [0.15, 0.2) is 42.5 Å². The van der Waals surface area contributed by atoms with Crippen LogP contribution < -0.4 is 5.32 Å². The van der Waals surface area contributed by atoms with Gasteiger partial charge in [0.05, 0.1) is 16.7 Å². The third kappa shape index (κ3) is 4.48. The lowest BCUT2D eigenvalue weighted by molar-refractivity contribution is -0.119. The average Bonchev–Trinajstić information content (AvgIpc) is 2.96. The number of unbranched alkanes of at least 4 members (excludes halogenated alkanes) is 1. The van der Waals surface area contributed by atoms with E-state index in [1.54, 1.807) is 0 Å². The summed E-state index contributed by atoms with van der Waals surface area (Å²) in [7, 11) is 0. The lowest BCUT2D eigenvalue weighted by Crippen LogP contribution is -2.30. The number of carbonyl (C=O) groups is 4. The van der Waals surface area contributed by atoms with Crippen LogP contribution >= 0.6 is 0 Å². The predicted molar refractivity (Wildman–Crippen MR) is 102 cm³/mol. The average molecular weight is 398 g/mol. The molecule has 0 spiro atoms. The highest BCUT2D eigenvalue weighted by atomic mass is 19.1. The quantitative estimate of drug-likeness (QED) is 0.572. The van der Waals surface area contributed by atoms with Crippen LogP contribution in [0.5, 0.6) is 0 Å². The molecule has 1 heterocycles. The number of anilines is 1. The minimum Gasteiger partial charge on any atom is -0.452 e. The molecule has 8 heteroatoms. The van der Waals surface area contributed by atoms with Crippen molar-refractivity contribution in [2.75, 3.05) is 18.5 Å². The van der Waals surface area contributed by atoms with E-state index in [-0.39, 0.29) is 22.6 Å². The van der Waals surface area contributed by atoms with Crippen LogP contribution in [0.3, 0.4) is 0 Å². The summed E-state index contributed by atoms with van der Waals surface area (Å²) in [5.74, 6) is -2.65. The van der Waals surface area contributed by atoms with Gasteiger partial charge in [-0.2, -0.15) is 0 Å². The minimum absolute atomic E-state index is 0.0665. The number of rotatable bonds is 7. The number of amides is 3. The van der Waals surface area contributed by atoms with E-state index in [4.69, 9.17) is 4.74 Å². The second-order valence-electron chi connectivity index (χ2n) is 6.51. The first-order chi connectivity index (χ1) is 13.9. The van der Waals surface area contributed by atoms with Crippen LogP contribution in [0.4, 0.5) is 10.1 Å². The van der Waals surface area contributed by atoms with Gasteiger partial charge in [-0.05, 0) is 48.9 Å². The Bertz CT molecular complexity index is 972. The van der Waals surface area contributed by atoms with Crippen molar-refractivity contribution < 1.29 is 28.3 Å². The van der Waals surface area contributed by atoms with Crippen molar-refractivity contribution in [3.63, 3.8) is 0 Å². The Labute approximate surface area is 166 Å². The molecular formula is C21H19FN2O5. The molecule has 150 valence electrons. The van der Waals surface area contributed by atoms with E-state index >= 15 is 0 Å². The first kappa shape index (κ1) is 20.2. The van der Waals surface area contributed by atoms with Crippen LogP contribution in [0.1, 0.15) is 50.8 Å². The normalized spacial score (nSPS) is 12.7. The number of esters is 1. The van der Waals surface area contributed by atoms with Crippen molar-refractivity contribution in [1.82, 2.24) is 4.90 Å². The molecule has 0 saturated carbocycles. The molecule has 0 aromatic heterocycles. The number of hydrogen-bond acceptors (Lipinski definition) is 5. The van der Waals surface area contributed by atoms with Crippen molar-refractivity contribution in [2.45, 2.75) is 19.8 Å². The third-order valence-corrected chi connectivity index (χ3v) is 4.40. The number of halogens is 1. The Morgan fingerprint density at radius 2 is 1.72 bits per heavy atom. The van der Waals surface area contributed by atoms with Gasteiger partial charge in [0, 0.05) is 12.2 Å². The van der Waals surface area contributed by atoms with Gasteiger partial charge in [-0.3, -0.25) is 19.3 Å². The van der Waals surface area contributed by atoms with Crippen LogP contribution in [-0.4, -0.2) is 41.7 Å². The van der Waals surface area contributed by atoms with Crippen molar-refractivity contribution >= 4 is 29.4 Å². The van der Waals surface area contributed by atoms with Gasteiger partial charge in [-0.1, -0.05) is 13.3 Å². The van der Waals surface area contributed by atoms with Crippen molar-refractivity contribution in [2.24, 2.45) is 0 Å². The van der Waals surface area contributed by atoms with Gasteiger partial charge in [0.25, 0.3) is 17.7 Å². The lowest BCUT2D eigenvalue weighted by Gasteiger charge is -2.12. The van der Waals surface area contributed by atoms with Crippen molar-refractivity contribution in [3.8, 4) is 0 Å². The first-order valence-corrected chi connectivity index (χ1v) is 9.13. The zero-order chi connectivity index (χ0) is 21.0. The molecule has 0 saturated heterocycles. The lowest BCUT2D eigenvalue weighted by atomic mass is 10.1. The summed E-state index contributed by atoms with van der Waals surface area (Å²) in [6, 6.07) is 9.24. The summed E-state index contributed by atoms with van der Waals surface area (Å²) in [6.07, 6.45) is 1.54. The molecule has 2 aromatic carbocycles. The predicted octanol–water partition coefficient (Wildman–Crippen LogP) is 3.02. The molecule has 1 N–H and O–H groups in total. The van der Waals surface area contributed by atoms with Gasteiger partial charge in [-0.15, -0.1) is 0 Å². The van der Waals surface area contributed by atoms with E-state index in [1.807, 2.05) is 6.92 Å². The fraction of sp³-hybridized carbons (Fsp3) is 0.238. The maximum atomic E-state index is 12.9. The van der Waals surface area contributed by atoms with Crippen molar-refractivity contribution in [3.05, 3.63) is 65.0 Å². The monoisotopic (exact) mass is 398 g/mol. The molecule has 0 atom stereocenters. The Morgan fingerprint density at radius 1 is 1.03 bits per heavy atom. The van der Waals surface area contributed by atoms with E-state index < -0.39 is 30.2 Å². The van der Waals surface area contributed by atoms with Gasteiger partial charge in [0.1, 0.15) is 5.82 Å². The minimum atomic E-state index is -0.797. The van der Waals surface area contributed by atoms with E-state index in [0.29, 0.717) is 18.7 Å². The highest BCUT2D eigenvalue weighted by Crippen LogP contribution is 2.24. The maximum Gasteiger partial charge on any atom is 0.338 e. The molecule has 7 nitrogen and oxygen atoms in total. The number of benzene rings is 2. The number of nitrogens with one attached hydrogen (secondary N) is 1. The fourth-order valence-electron chi connectivity index (χ4n) is 2.88. The van der Waals surface area contributed by atoms with E-state index in [1.165, 1.54) is 47.4 Å². The van der Waals surface area contributed by atoms with Gasteiger partial charge in [0.2, 0.25) is 0 Å². The number of nitrogens with zero attached hydrogens (tertiary/aromatic N) is 1. The van der Waals surface area contributed by atoms with E-state index in [9.17, 15) is 23.6 Å². The summed E-state index contributed by atoms with van der Waals surface area (Å²) in [6.45, 7) is 1.73. The van der Waals surface area contributed by atoms with Crippen LogP contribution in [0.2, 0.25) is 0 Å². The zero-order valence-corrected chi connectivity index (χ0v) is 15.7.